The van der Waals surface area contributed by atoms with Crippen LogP contribution < -0.4 is 15.5 Å². The minimum atomic E-state index is -0.539. The standard InChI is InChI=1S/C21H30N4O2/c1-16-5-4-13-24(15-16)19(26)8-14-25-18-7-3-2-6-17(18)23-21(20(25)27)9-11-22-12-10-21/h2-3,6-7,16,22-23H,4-5,8-15H2,1H3/t16-/m1/s1. The number of nitrogens with zero attached hydrogens (tertiary/aromatic N) is 2. The maximum absolute atomic E-state index is 13.4. The molecule has 6 nitrogen and oxygen atoms in total. The lowest BCUT2D eigenvalue weighted by Gasteiger charge is -2.46. The van der Waals surface area contributed by atoms with Gasteiger partial charge < -0.3 is 20.4 Å². The summed E-state index contributed by atoms with van der Waals surface area (Å²) in [6, 6.07) is 7.96. The summed E-state index contributed by atoms with van der Waals surface area (Å²) in [6.45, 7) is 6.02. The van der Waals surface area contributed by atoms with Gasteiger partial charge in [-0.2, -0.15) is 0 Å². The quantitative estimate of drug-likeness (QED) is 0.856. The fourth-order valence-electron chi connectivity index (χ4n) is 4.69. The molecule has 3 aliphatic heterocycles. The van der Waals surface area contributed by atoms with Crippen LogP contribution in [-0.2, 0) is 9.59 Å². The number of carbonyl (C=O) groups excluding carboxylic acids is 2. The Morgan fingerprint density at radius 2 is 2.04 bits per heavy atom. The number of benzene rings is 1. The summed E-state index contributed by atoms with van der Waals surface area (Å²) in [5, 5.41) is 6.86. The number of carbonyl (C=O) groups is 2. The first-order valence-corrected chi connectivity index (χ1v) is 10.3. The van der Waals surface area contributed by atoms with E-state index < -0.39 is 5.54 Å². The van der Waals surface area contributed by atoms with E-state index in [9.17, 15) is 9.59 Å². The number of para-hydroxylation sites is 2. The van der Waals surface area contributed by atoms with Gasteiger partial charge in [0.25, 0.3) is 5.91 Å². The molecule has 0 saturated carbocycles. The van der Waals surface area contributed by atoms with Crippen LogP contribution in [0.3, 0.4) is 0 Å². The molecule has 3 aliphatic rings. The lowest BCUT2D eigenvalue weighted by molar-refractivity contribution is -0.132. The van der Waals surface area contributed by atoms with Crippen LogP contribution in [0.25, 0.3) is 0 Å². The van der Waals surface area contributed by atoms with Crippen LogP contribution in [-0.4, -0.2) is 55.0 Å². The third-order valence-corrected chi connectivity index (χ3v) is 6.24. The highest BCUT2D eigenvalue weighted by molar-refractivity contribution is 6.08. The second kappa shape index (κ2) is 7.50. The molecule has 1 aromatic rings. The summed E-state index contributed by atoms with van der Waals surface area (Å²) < 4.78 is 0. The van der Waals surface area contributed by atoms with E-state index in [-0.39, 0.29) is 11.8 Å². The van der Waals surface area contributed by atoms with Gasteiger partial charge in [-0.25, -0.2) is 0 Å². The van der Waals surface area contributed by atoms with Crippen molar-refractivity contribution in [3.8, 4) is 0 Å². The molecule has 6 heteroatoms. The summed E-state index contributed by atoms with van der Waals surface area (Å²) in [5.74, 6) is 0.856. The maximum Gasteiger partial charge on any atom is 0.252 e. The Morgan fingerprint density at radius 1 is 1.26 bits per heavy atom. The van der Waals surface area contributed by atoms with Crippen LogP contribution in [0.5, 0.6) is 0 Å². The monoisotopic (exact) mass is 370 g/mol. The second-order valence-electron chi connectivity index (χ2n) is 8.27. The maximum atomic E-state index is 13.4. The second-order valence-corrected chi connectivity index (χ2v) is 8.27. The highest BCUT2D eigenvalue weighted by atomic mass is 16.2. The summed E-state index contributed by atoms with van der Waals surface area (Å²) in [5.41, 5.74) is 1.35. The first-order chi connectivity index (χ1) is 13.1. The Kier molecular flexibility index (Phi) is 5.08. The lowest BCUT2D eigenvalue weighted by Crippen LogP contribution is -2.61. The van der Waals surface area contributed by atoms with Gasteiger partial charge in [0.05, 0.1) is 11.4 Å². The van der Waals surface area contributed by atoms with Gasteiger partial charge in [0.2, 0.25) is 5.91 Å². The molecule has 2 saturated heterocycles. The third-order valence-electron chi connectivity index (χ3n) is 6.24. The van der Waals surface area contributed by atoms with Crippen molar-refractivity contribution < 1.29 is 9.59 Å². The molecule has 2 amide bonds. The topological polar surface area (TPSA) is 64.7 Å². The predicted molar refractivity (Wildman–Crippen MR) is 107 cm³/mol. The fraction of sp³-hybridized carbons (Fsp3) is 0.619. The number of likely N-dealkylation sites (tertiary alicyclic amines) is 1. The molecule has 0 aromatic heterocycles. The van der Waals surface area contributed by atoms with Crippen LogP contribution in [0.4, 0.5) is 11.4 Å². The molecular weight excluding hydrogens is 340 g/mol. The van der Waals surface area contributed by atoms with Crippen LogP contribution in [0, 0.1) is 5.92 Å². The zero-order valence-corrected chi connectivity index (χ0v) is 16.2. The lowest BCUT2D eigenvalue weighted by atomic mass is 9.84. The number of hydrogen-bond acceptors (Lipinski definition) is 4. The van der Waals surface area contributed by atoms with Crippen LogP contribution in [0.2, 0.25) is 0 Å². The van der Waals surface area contributed by atoms with E-state index in [4.69, 9.17) is 0 Å². The number of anilines is 2. The van der Waals surface area contributed by atoms with E-state index in [1.807, 2.05) is 34.1 Å². The molecule has 146 valence electrons. The molecule has 1 atom stereocenters. The summed E-state index contributed by atoms with van der Waals surface area (Å²) in [7, 11) is 0. The van der Waals surface area contributed by atoms with Gasteiger partial charge in [-0.1, -0.05) is 19.1 Å². The van der Waals surface area contributed by atoms with Crippen molar-refractivity contribution in [3.63, 3.8) is 0 Å². The highest BCUT2D eigenvalue weighted by Gasteiger charge is 2.46. The van der Waals surface area contributed by atoms with Gasteiger partial charge in [0.15, 0.2) is 0 Å². The van der Waals surface area contributed by atoms with Gasteiger partial charge in [0.1, 0.15) is 5.54 Å². The van der Waals surface area contributed by atoms with Crippen LogP contribution in [0.1, 0.15) is 39.0 Å². The number of amides is 2. The van der Waals surface area contributed by atoms with Crippen molar-refractivity contribution in [1.82, 2.24) is 10.2 Å². The van der Waals surface area contributed by atoms with E-state index in [0.717, 1.165) is 56.8 Å². The summed E-state index contributed by atoms with van der Waals surface area (Å²) >= 11 is 0. The molecule has 1 aromatic carbocycles. The van der Waals surface area contributed by atoms with E-state index in [1.165, 1.54) is 6.42 Å². The Morgan fingerprint density at radius 3 is 2.81 bits per heavy atom. The largest absolute Gasteiger partial charge is 0.369 e. The zero-order chi connectivity index (χ0) is 18.9. The molecule has 27 heavy (non-hydrogen) atoms. The number of hydrogen-bond donors (Lipinski definition) is 2. The Labute approximate surface area is 161 Å². The SMILES string of the molecule is C[C@@H]1CCCN(C(=O)CCN2C(=O)C3(CCNCC3)Nc3ccccc32)C1. The average Bonchev–Trinajstić information content (AvgIpc) is 2.69. The molecule has 4 rings (SSSR count). The minimum Gasteiger partial charge on any atom is -0.369 e. The van der Waals surface area contributed by atoms with E-state index >= 15 is 0 Å². The number of piperidine rings is 2. The van der Waals surface area contributed by atoms with Gasteiger partial charge in [-0.05, 0) is 56.8 Å². The molecule has 0 bridgehead atoms. The molecule has 0 radical (unpaired) electrons. The molecule has 1 spiro atoms. The van der Waals surface area contributed by atoms with Gasteiger partial charge in [0, 0.05) is 26.1 Å². The first kappa shape index (κ1) is 18.3. The van der Waals surface area contributed by atoms with Crippen LogP contribution in [0.15, 0.2) is 24.3 Å². The fourth-order valence-corrected chi connectivity index (χ4v) is 4.69. The normalized spacial score (nSPS) is 24.5. The van der Waals surface area contributed by atoms with Crippen molar-refractivity contribution >= 4 is 23.2 Å². The van der Waals surface area contributed by atoms with Gasteiger partial charge in [-0.15, -0.1) is 0 Å². The van der Waals surface area contributed by atoms with E-state index in [2.05, 4.69) is 17.6 Å². The Balaban J connectivity index is 1.51. The average molecular weight is 370 g/mol. The predicted octanol–water partition coefficient (Wildman–Crippen LogP) is 2.22. The van der Waals surface area contributed by atoms with Gasteiger partial charge >= 0.3 is 0 Å². The van der Waals surface area contributed by atoms with Crippen molar-refractivity contribution in [2.24, 2.45) is 5.92 Å². The van der Waals surface area contributed by atoms with Crippen molar-refractivity contribution in [2.75, 3.05) is 42.9 Å². The number of fused-ring (bicyclic) bond motifs is 1. The third kappa shape index (κ3) is 3.55. The molecule has 3 heterocycles. The van der Waals surface area contributed by atoms with Crippen LogP contribution >= 0.6 is 0 Å². The molecule has 2 N–H and O–H groups in total. The van der Waals surface area contributed by atoms with E-state index in [1.54, 1.807) is 0 Å². The number of rotatable bonds is 3. The van der Waals surface area contributed by atoms with Crippen molar-refractivity contribution in [1.29, 1.82) is 0 Å². The molecule has 0 aliphatic carbocycles. The summed E-state index contributed by atoms with van der Waals surface area (Å²) in [4.78, 5) is 30.0. The first-order valence-electron chi connectivity index (χ1n) is 10.3. The Bertz CT molecular complexity index is 714. The summed E-state index contributed by atoms with van der Waals surface area (Å²) in [6.07, 6.45) is 4.21. The van der Waals surface area contributed by atoms with E-state index in [0.29, 0.717) is 18.9 Å². The van der Waals surface area contributed by atoms with Crippen molar-refractivity contribution in [3.05, 3.63) is 24.3 Å². The molecule has 2 fully saturated rings. The number of nitrogens with one attached hydrogen (secondary N) is 2. The smallest absolute Gasteiger partial charge is 0.252 e. The Hall–Kier alpha value is -2.08. The van der Waals surface area contributed by atoms with Crippen molar-refractivity contribution in [2.45, 2.75) is 44.6 Å². The zero-order valence-electron chi connectivity index (χ0n) is 16.2. The highest BCUT2D eigenvalue weighted by Crippen LogP contribution is 2.39. The van der Waals surface area contributed by atoms with Gasteiger partial charge in [-0.3, -0.25) is 9.59 Å². The minimum absolute atomic E-state index is 0.113. The molecular formula is C21H30N4O2. The molecule has 0 unspecified atom stereocenters.